The van der Waals surface area contributed by atoms with Crippen molar-refractivity contribution in [2.75, 3.05) is 24.4 Å². The number of hydrogen-bond donors (Lipinski definition) is 2. The van der Waals surface area contributed by atoms with Gasteiger partial charge in [0, 0.05) is 17.1 Å². The maximum atomic E-state index is 12.4. The highest BCUT2D eigenvalue weighted by Crippen LogP contribution is 2.35. The summed E-state index contributed by atoms with van der Waals surface area (Å²) in [6.45, 7) is 9.58. The van der Waals surface area contributed by atoms with E-state index in [0.29, 0.717) is 6.54 Å². The summed E-state index contributed by atoms with van der Waals surface area (Å²) in [6, 6.07) is 10.6. The Morgan fingerprint density at radius 3 is 2.44 bits per heavy atom. The van der Waals surface area contributed by atoms with Gasteiger partial charge >= 0.3 is 6.03 Å². The molecule has 1 aromatic carbocycles. The summed E-state index contributed by atoms with van der Waals surface area (Å²) in [5.41, 5.74) is 4.90. The Kier molecular flexibility index (Phi) is 10.9. The number of nitrogens with one attached hydrogen (secondary N) is 2. The lowest BCUT2D eigenvalue weighted by atomic mass is 9.74. The molecule has 6 heteroatoms. The molecule has 2 aromatic rings. The zero-order valence-electron chi connectivity index (χ0n) is 20.5. The fourth-order valence-electron chi connectivity index (χ4n) is 4.14. The summed E-state index contributed by atoms with van der Waals surface area (Å²) in [5.74, 6) is 0. The molecule has 0 saturated carbocycles. The molecule has 0 aliphatic heterocycles. The number of anilines is 1. The molecule has 0 aliphatic rings. The summed E-state index contributed by atoms with van der Waals surface area (Å²) < 4.78 is 0. The number of benzene rings is 1. The van der Waals surface area contributed by atoms with Crippen LogP contribution in [0.25, 0.3) is 0 Å². The van der Waals surface area contributed by atoms with Crippen LogP contribution < -0.4 is 10.6 Å². The summed E-state index contributed by atoms with van der Waals surface area (Å²) in [6.07, 6.45) is 10.9. The summed E-state index contributed by atoms with van der Waals surface area (Å²) in [5, 5.41) is 6.87. The van der Waals surface area contributed by atoms with E-state index in [9.17, 15) is 4.79 Å². The Morgan fingerprint density at radius 2 is 1.78 bits per heavy atom. The van der Waals surface area contributed by atoms with Crippen LogP contribution in [-0.2, 0) is 5.41 Å². The first-order valence-corrected chi connectivity index (χ1v) is 14.0. The number of thioether (sulfide) groups is 2. The highest BCUT2D eigenvalue weighted by molar-refractivity contribution is 7.99. The van der Waals surface area contributed by atoms with Crippen LogP contribution in [0.1, 0.15) is 69.2 Å². The molecule has 1 aromatic heterocycles. The molecular weight excluding hydrogens is 434 g/mol. The lowest BCUT2D eigenvalue weighted by molar-refractivity contribution is 0.251. The molecule has 0 bridgehead atoms. The lowest BCUT2D eigenvalue weighted by Gasteiger charge is -2.30. The van der Waals surface area contributed by atoms with Crippen LogP contribution in [0.3, 0.4) is 0 Å². The van der Waals surface area contributed by atoms with Crippen LogP contribution >= 0.6 is 23.5 Å². The van der Waals surface area contributed by atoms with Crippen LogP contribution in [0.4, 0.5) is 10.5 Å². The average molecular weight is 474 g/mol. The minimum atomic E-state index is -0.153. The van der Waals surface area contributed by atoms with Crippen molar-refractivity contribution in [2.24, 2.45) is 0 Å². The predicted molar refractivity (Wildman–Crippen MR) is 141 cm³/mol. The van der Waals surface area contributed by atoms with Gasteiger partial charge in [0.15, 0.2) is 0 Å². The predicted octanol–water partition coefficient (Wildman–Crippen LogP) is 7.58. The van der Waals surface area contributed by atoms with Crippen LogP contribution in [0, 0.1) is 13.8 Å². The lowest BCUT2D eigenvalue weighted by Crippen LogP contribution is -2.30. The van der Waals surface area contributed by atoms with Gasteiger partial charge in [-0.15, -0.1) is 23.5 Å². The second kappa shape index (κ2) is 13.1. The monoisotopic (exact) mass is 473 g/mol. The van der Waals surface area contributed by atoms with Crippen molar-refractivity contribution >= 4 is 35.2 Å². The number of amides is 2. The fraction of sp³-hybridized carbons (Fsp3) is 0.538. The van der Waals surface area contributed by atoms with Crippen molar-refractivity contribution in [1.29, 1.82) is 0 Å². The molecular formula is C26H39N3OS2. The Balaban J connectivity index is 1.73. The summed E-state index contributed by atoms with van der Waals surface area (Å²) in [7, 11) is 0. The minimum absolute atomic E-state index is 0.153. The number of carbonyl (C=O) groups is 1. The molecule has 1 atom stereocenters. The molecule has 0 radical (unpaired) electrons. The Labute approximate surface area is 203 Å². The van der Waals surface area contributed by atoms with Gasteiger partial charge in [0.05, 0.1) is 5.69 Å². The Bertz CT molecular complexity index is 862. The van der Waals surface area contributed by atoms with Gasteiger partial charge in [0.25, 0.3) is 0 Å². The maximum absolute atomic E-state index is 12.4. The van der Waals surface area contributed by atoms with E-state index in [-0.39, 0.29) is 11.4 Å². The van der Waals surface area contributed by atoms with Gasteiger partial charge in [-0.3, -0.25) is 0 Å². The van der Waals surface area contributed by atoms with E-state index in [4.69, 9.17) is 0 Å². The topological polar surface area (TPSA) is 54.0 Å². The second-order valence-electron chi connectivity index (χ2n) is 8.62. The second-order valence-corrected chi connectivity index (χ2v) is 10.3. The first-order valence-electron chi connectivity index (χ1n) is 11.5. The molecule has 2 N–H and O–H groups in total. The van der Waals surface area contributed by atoms with Crippen molar-refractivity contribution in [3.63, 3.8) is 0 Å². The molecule has 176 valence electrons. The van der Waals surface area contributed by atoms with E-state index in [2.05, 4.69) is 60.7 Å². The van der Waals surface area contributed by atoms with Gasteiger partial charge in [-0.1, -0.05) is 57.4 Å². The van der Waals surface area contributed by atoms with E-state index in [0.717, 1.165) is 40.6 Å². The Hall–Kier alpha value is -1.66. The van der Waals surface area contributed by atoms with Gasteiger partial charge in [0.2, 0.25) is 0 Å². The normalized spacial score (nSPS) is 12.9. The zero-order valence-corrected chi connectivity index (χ0v) is 22.1. The molecule has 1 unspecified atom stereocenters. The Morgan fingerprint density at radius 1 is 1.06 bits per heavy atom. The fourth-order valence-corrected chi connectivity index (χ4v) is 5.45. The van der Waals surface area contributed by atoms with E-state index in [1.807, 2.05) is 25.5 Å². The first kappa shape index (κ1) is 26.6. The van der Waals surface area contributed by atoms with Gasteiger partial charge in [-0.05, 0) is 68.2 Å². The molecule has 32 heavy (non-hydrogen) atoms. The van der Waals surface area contributed by atoms with Crippen molar-refractivity contribution in [3.05, 3.63) is 47.2 Å². The third kappa shape index (κ3) is 7.45. The molecule has 0 aliphatic carbocycles. The molecule has 4 nitrogen and oxygen atoms in total. The third-order valence-corrected chi connectivity index (χ3v) is 7.69. The maximum Gasteiger partial charge on any atom is 0.319 e. The molecule has 1 heterocycles. The number of urea groups is 1. The van der Waals surface area contributed by atoms with E-state index < -0.39 is 0 Å². The van der Waals surface area contributed by atoms with Crippen LogP contribution in [0.15, 0.2) is 40.3 Å². The smallest absolute Gasteiger partial charge is 0.319 e. The first-order chi connectivity index (χ1) is 15.3. The molecule has 0 fully saturated rings. The van der Waals surface area contributed by atoms with E-state index >= 15 is 0 Å². The average Bonchev–Trinajstić information content (AvgIpc) is 2.79. The van der Waals surface area contributed by atoms with Crippen LogP contribution in [-0.4, -0.2) is 30.1 Å². The van der Waals surface area contributed by atoms with Gasteiger partial charge in [0.1, 0.15) is 5.03 Å². The van der Waals surface area contributed by atoms with Gasteiger partial charge in [-0.2, -0.15) is 0 Å². The minimum Gasteiger partial charge on any atom is -0.338 e. The number of pyridine rings is 1. The SMILES string of the molecule is CCC(C)(CCCCCCNC(=O)Nc1c(SC)cc(C)nc1SC)c1ccccc1C. The number of aryl methyl sites for hydroxylation is 2. The van der Waals surface area contributed by atoms with Crippen molar-refractivity contribution in [1.82, 2.24) is 10.3 Å². The highest BCUT2D eigenvalue weighted by Gasteiger charge is 2.25. The largest absolute Gasteiger partial charge is 0.338 e. The number of carbonyl (C=O) groups excluding carboxylic acids is 1. The van der Waals surface area contributed by atoms with Gasteiger partial charge in [-0.25, -0.2) is 9.78 Å². The van der Waals surface area contributed by atoms with E-state index in [1.165, 1.54) is 30.4 Å². The van der Waals surface area contributed by atoms with Crippen molar-refractivity contribution in [3.8, 4) is 0 Å². The number of rotatable bonds is 12. The zero-order chi connectivity index (χ0) is 23.6. The summed E-state index contributed by atoms with van der Waals surface area (Å²) in [4.78, 5) is 18.0. The standard InChI is InChI=1S/C26H39N3OS2/c1-7-26(4,21-15-11-10-14-19(21)2)16-12-8-9-13-17-27-25(30)29-23-22(31-5)18-20(3)28-24(23)32-6/h10-11,14-15,18H,7-9,12-13,16-17H2,1-6H3,(H2,27,29,30). The van der Waals surface area contributed by atoms with Crippen molar-refractivity contribution < 1.29 is 4.79 Å². The van der Waals surface area contributed by atoms with Crippen LogP contribution in [0.5, 0.6) is 0 Å². The van der Waals surface area contributed by atoms with E-state index in [1.54, 1.807) is 23.5 Å². The number of unbranched alkanes of at least 4 members (excludes halogenated alkanes) is 3. The van der Waals surface area contributed by atoms with Crippen LogP contribution in [0.2, 0.25) is 0 Å². The molecule has 2 rings (SSSR count). The molecule has 0 saturated heterocycles. The number of aromatic nitrogens is 1. The third-order valence-electron chi connectivity index (χ3n) is 6.25. The quantitative estimate of drug-likeness (QED) is 0.246. The molecule has 2 amide bonds. The number of nitrogens with zero attached hydrogens (tertiary/aromatic N) is 1. The van der Waals surface area contributed by atoms with Crippen molar-refractivity contribution in [2.45, 2.75) is 81.6 Å². The summed E-state index contributed by atoms with van der Waals surface area (Å²) >= 11 is 3.18. The highest BCUT2D eigenvalue weighted by atomic mass is 32.2. The van der Waals surface area contributed by atoms with Gasteiger partial charge < -0.3 is 10.6 Å². The molecule has 0 spiro atoms. The number of hydrogen-bond acceptors (Lipinski definition) is 4.